The molecule has 2 rings (SSSR count). The number of aromatic nitrogens is 2. The van der Waals surface area contributed by atoms with E-state index in [1.54, 1.807) is 6.92 Å². The number of aliphatic hydroxyl groups is 1. The highest BCUT2D eigenvalue weighted by Gasteiger charge is 2.21. The molecule has 0 aliphatic heterocycles. The SMILES string of the molecule is CCn1nc(C(=O)NC(C)C(O)c2ccc(F)c(F)c2)ccc1=O. The number of aryl methyl sites for hydroxylation is 1. The minimum Gasteiger partial charge on any atom is -0.386 e. The van der Waals surface area contributed by atoms with Crippen molar-refractivity contribution >= 4 is 5.91 Å². The van der Waals surface area contributed by atoms with Gasteiger partial charge in [-0.15, -0.1) is 0 Å². The Bertz CT molecular complexity index is 807. The molecule has 0 radical (unpaired) electrons. The van der Waals surface area contributed by atoms with Crippen LogP contribution in [0.15, 0.2) is 35.1 Å². The van der Waals surface area contributed by atoms with Gasteiger partial charge < -0.3 is 10.4 Å². The second kappa shape index (κ2) is 7.31. The molecule has 2 atom stereocenters. The Morgan fingerprint density at radius 1 is 1.29 bits per heavy atom. The van der Waals surface area contributed by atoms with Gasteiger partial charge in [0.15, 0.2) is 11.6 Å². The normalized spacial score (nSPS) is 13.4. The Labute approximate surface area is 136 Å². The Kier molecular flexibility index (Phi) is 5.40. The van der Waals surface area contributed by atoms with Crippen LogP contribution in [-0.2, 0) is 6.54 Å². The Balaban J connectivity index is 2.13. The monoisotopic (exact) mass is 337 g/mol. The zero-order chi connectivity index (χ0) is 17.9. The maximum absolute atomic E-state index is 13.2. The van der Waals surface area contributed by atoms with Gasteiger partial charge >= 0.3 is 0 Å². The number of hydrogen-bond donors (Lipinski definition) is 2. The van der Waals surface area contributed by atoms with Crippen LogP contribution < -0.4 is 10.9 Å². The summed E-state index contributed by atoms with van der Waals surface area (Å²) in [7, 11) is 0. The van der Waals surface area contributed by atoms with Gasteiger partial charge in [0.25, 0.3) is 11.5 Å². The van der Waals surface area contributed by atoms with E-state index in [1.165, 1.54) is 25.1 Å². The van der Waals surface area contributed by atoms with Crippen molar-refractivity contribution < 1.29 is 18.7 Å². The van der Waals surface area contributed by atoms with Gasteiger partial charge in [-0.1, -0.05) is 6.07 Å². The summed E-state index contributed by atoms with van der Waals surface area (Å²) < 4.78 is 27.3. The summed E-state index contributed by atoms with van der Waals surface area (Å²) in [4.78, 5) is 23.6. The molecule has 1 amide bonds. The number of amides is 1. The first kappa shape index (κ1) is 17.7. The second-order valence-electron chi connectivity index (χ2n) is 5.25. The minimum absolute atomic E-state index is 0.0146. The second-order valence-corrected chi connectivity index (χ2v) is 5.25. The quantitative estimate of drug-likeness (QED) is 0.864. The molecule has 8 heteroatoms. The molecule has 0 bridgehead atoms. The van der Waals surface area contributed by atoms with Crippen molar-refractivity contribution in [3.8, 4) is 0 Å². The maximum atomic E-state index is 13.2. The van der Waals surface area contributed by atoms with Gasteiger partial charge in [0.1, 0.15) is 5.69 Å². The molecule has 128 valence electrons. The van der Waals surface area contributed by atoms with Crippen molar-refractivity contribution in [2.45, 2.75) is 32.5 Å². The lowest BCUT2D eigenvalue weighted by molar-refractivity contribution is 0.0844. The number of rotatable bonds is 5. The van der Waals surface area contributed by atoms with Crippen LogP contribution in [0.1, 0.15) is 36.0 Å². The van der Waals surface area contributed by atoms with Crippen LogP contribution in [0.25, 0.3) is 0 Å². The maximum Gasteiger partial charge on any atom is 0.272 e. The Morgan fingerprint density at radius 3 is 2.62 bits per heavy atom. The van der Waals surface area contributed by atoms with E-state index < -0.39 is 29.7 Å². The fourth-order valence-corrected chi connectivity index (χ4v) is 2.14. The summed E-state index contributed by atoms with van der Waals surface area (Å²) in [6.45, 7) is 3.54. The highest BCUT2D eigenvalue weighted by molar-refractivity contribution is 5.92. The van der Waals surface area contributed by atoms with Gasteiger partial charge in [-0.2, -0.15) is 5.10 Å². The highest BCUT2D eigenvalue weighted by Crippen LogP contribution is 2.19. The predicted molar refractivity (Wildman–Crippen MR) is 82.4 cm³/mol. The van der Waals surface area contributed by atoms with Crippen LogP contribution in [-0.4, -0.2) is 26.8 Å². The van der Waals surface area contributed by atoms with E-state index in [-0.39, 0.29) is 16.8 Å². The van der Waals surface area contributed by atoms with E-state index in [2.05, 4.69) is 10.4 Å². The summed E-state index contributed by atoms with van der Waals surface area (Å²) in [5.41, 5.74) is -0.183. The molecular weight excluding hydrogens is 320 g/mol. The standard InChI is InChI=1S/C16H17F2N3O3/c1-3-21-14(22)7-6-13(20-21)16(24)19-9(2)15(23)10-4-5-11(17)12(18)8-10/h4-9,15,23H,3H2,1-2H3,(H,19,24). The summed E-state index contributed by atoms with van der Waals surface area (Å²) in [6, 6.07) is 4.73. The molecule has 6 nitrogen and oxygen atoms in total. The molecule has 0 fully saturated rings. The summed E-state index contributed by atoms with van der Waals surface area (Å²) in [6.07, 6.45) is -1.24. The van der Waals surface area contributed by atoms with Gasteiger partial charge in [0.2, 0.25) is 0 Å². The molecule has 1 aromatic heterocycles. The van der Waals surface area contributed by atoms with Crippen molar-refractivity contribution in [3.63, 3.8) is 0 Å². The molecule has 1 heterocycles. The average molecular weight is 337 g/mol. The molecule has 2 unspecified atom stereocenters. The van der Waals surface area contributed by atoms with Gasteiger partial charge in [0, 0.05) is 12.6 Å². The molecule has 2 aromatic rings. The molecule has 1 aromatic carbocycles. The van der Waals surface area contributed by atoms with Crippen molar-refractivity contribution in [3.05, 3.63) is 63.6 Å². The molecule has 2 N–H and O–H groups in total. The van der Waals surface area contributed by atoms with Crippen LogP contribution in [0.4, 0.5) is 8.78 Å². The van der Waals surface area contributed by atoms with Crippen molar-refractivity contribution in [2.24, 2.45) is 0 Å². The largest absolute Gasteiger partial charge is 0.386 e. The topological polar surface area (TPSA) is 84.2 Å². The van der Waals surface area contributed by atoms with Crippen molar-refractivity contribution in [1.29, 1.82) is 0 Å². The van der Waals surface area contributed by atoms with E-state index >= 15 is 0 Å². The Morgan fingerprint density at radius 2 is 2.00 bits per heavy atom. The number of benzene rings is 1. The molecule has 0 saturated heterocycles. The minimum atomic E-state index is -1.24. The smallest absolute Gasteiger partial charge is 0.272 e. The molecule has 0 spiro atoms. The van der Waals surface area contributed by atoms with E-state index in [1.807, 2.05) is 0 Å². The fourth-order valence-electron chi connectivity index (χ4n) is 2.14. The number of nitrogens with one attached hydrogen (secondary N) is 1. The lowest BCUT2D eigenvalue weighted by Crippen LogP contribution is -2.38. The van der Waals surface area contributed by atoms with Gasteiger partial charge in [-0.25, -0.2) is 13.5 Å². The number of carbonyl (C=O) groups excluding carboxylic acids is 1. The van der Waals surface area contributed by atoms with E-state index in [0.717, 1.165) is 16.8 Å². The first-order chi connectivity index (χ1) is 11.3. The first-order valence-corrected chi connectivity index (χ1v) is 7.35. The third-order valence-corrected chi connectivity index (χ3v) is 3.52. The van der Waals surface area contributed by atoms with E-state index in [9.17, 15) is 23.5 Å². The lowest BCUT2D eigenvalue weighted by Gasteiger charge is -2.20. The zero-order valence-electron chi connectivity index (χ0n) is 13.2. The predicted octanol–water partition coefficient (Wildman–Crippen LogP) is 1.39. The number of halogens is 2. The molecule has 24 heavy (non-hydrogen) atoms. The Hall–Kier alpha value is -2.61. The highest BCUT2D eigenvalue weighted by atomic mass is 19.2. The molecule has 0 aliphatic rings. The van der Waals surface area contributed by atoms with Gasteiger partial charge in [-0.3, -0.25) is 9.59 Å². The third-order valence-electron chi connectivity index (χ3n) is 3.52. The number of carbonyl (C=O) groups is 1. The fraction of sp³-hybridized carbons (Fsp3) is 0.312. The summed E-state index contributed by atoms with van der Waals surface area (Å²) >= 11 is 0. The number of hydrogen-bond acceptors (Lipinski definition) is 4. The number of aliphatic hydroxyl groups excluding tert-OH is 1. The third kappa shape index (κ3) is 3.83. The number of nitrogens with zero attached hydrogens (tertiary/aromatic N) is 2. The summed E-state index contributed by atoms with van der Waals surface area (Å²) in [5, 5.41) is 16.6. The molecule has 0 saturated carbocycles. The zero-order valence-corrected chi connectivity index (χ0v) is 13.2. The first-order valence-electron chi connectivity index (χ1n) is 7.35. The van der Waals surface area contributed by atoms with E-state index in [4.69, 9.17) is 0 Å². The van der Waals surface area contributed by atoms with Crippen LogP contribution >= 0.6 is 0 Å². The van der Waals surface area contributed by atoms with Crippen molar-refractivity contribution in [2.75, 3.05) is 0 Å². The average Bonchev–Trinajstić information content (AvgIpc) is 2.56. The summed E-state index contributed by atoms with van der Waals surface area (Å²) in [5.74, 6) is -2.69. The van der Waals surface area contributed by atoms with Crippen molar-refractivity contribution in [1.82, 2.24) is 15.1 Å². The molecule has 0 aliphatic carbocycles. The molecular formula is C16H17F2N3O3. The van der Waals surface area contributed by atoms with Gasteiger partial charge in [0.05, 0.1) is 12.1 Å². The van der Waals surface area contributed by atoms with Crippen LogP contribution in [0.3, 0.4) is 0 Å². The lowest BCUT2D eigenvalue weighted by atomic mass is 10.0. The van der Waals surface area contributed by atoms with E-state index in [0.29, 0.717) is 6.54 Å². The van der Waals surface area contributed by atoms with Crippen LogP contribution in [0, 0.1) is 11.6 Å². The van der Waals surface area contributed by atoms with Gasteiger partial charge in [-0.05, 0) is 37.6 Å². The van der Waals surface area contributed by atoms with Crippen LogP contribution in [0.5, 0.6) is 0 Å². The van der Waals surface area contributed by atoms with Crippen LogP contribution in [0.2, 0.25) is 0 Å².